The Morgan fingerprint density at radius 1 is 1.40 bits per heavy atom. The molecule has 6 atom stereocenters. The fourth-order valence-electron chi connectivity index (χ4n) is 4.32. The van der Waals surface area contributed by atoms with Crippen molar-refractivity contribution in [2.24, 2.45) is 0 Å². The number of halogens is 1. The SMILES string of the molecule is Cc1ccc(CC(C)OC(=O)C(C)N[P+](=O)OCC2OCC(O)(n3cnc4c(N)nc(F)nc43)C2O)cc1CO. The van der Waals surface area contributed by atoms with Gasteiger partial charge in [0.05, 0.1) is 19.5 Å². The van der Waals surface area contributed by atoms with Crippen LogP contribution in [-0.4, -0.2) is 78.4 Å². The lowest BCUT2D eigenvalue weighted by Gasteiger charge is -2.27. The Morgan fingerprint density at radius 2 is 2.15 bits per heavy atom. The molecule has 40 heavy (non-hydrogen) atoms. The third kappa shape index (κ3) is 6.25. The topological polar surface area (TPSA) is 204 Å². The van der Waals surface area contributed by atoms with Crippen LogP contribution in [-0.2, 0) is 42.1 Å². The number of hydrogen-bond acceptors (Lipinski definition) is 12. The van der Waals surface area contributed by atoms with E-state index in [-0.39, 0.29) is 23.6 Å². The third-order valence-corrected chi connectivity index (χ3v) is 7.56. The molecule has 216 valence electrons. The second-order valence-corrected chi connectivity index (χ2v) is 10.6. The zero-order chi connectivity index (χ0) is 29.2. The quantitative estimate of drug-likeness (QED) is 0.120. The summed E-state index contributed by atoms with van der Waals surface area (Å²) < 4.78 is 43.3. The number of anilines is 1. The Labute approximate surface area is 229 Å². The molecule has 1 saturated heterocycles. The maximum Gasteiger partial charge on any atom is 0.613 e. The highest BCUT2D eigenvalue weighted by Crippen LogP contribution is 2.34. The molecule has 1 fully saturated rings. The highest BCUT2D eigenvalue weighted by atomic mass is 31.1. The predicted octanol–water partition coefficient (Wildman–Crippen LogP) is 0.580. The molecule has 0 aliphatic carbocycles. The van der Waals surface area contributed by atoms with E-state index < -0.39 is 63.5 Å². The standard InChI is InChI=1S/C24H31FN6O8P/c1-12-4-5-15(7-16(12)8-32)6-13(2)39-22(34)14(3)30-40(36)38-9-17-19(33)24(35,10-37-17)31-11-27-18-20(26)28-23(25)29-21(18)31/h4-5,7,11,13-14,17,19,32-33,35H,6,8-10H2,1-3H3,(H,30,36)(H2,26,28,29)/q+1. The summed E-state index contributed by atoms with van der Waals surface area (Å²) in [5.74, 6) is -0.893. The summed E-state index contributed by atoms with van der Waals surface area (Å²) in [6.07, 6.45) is -2.83. The van der Waals surface area contributed by atoms with Crippen LogP contribution in [0.1, 0.15) is 30.5 Å². The van der Waals surface area contributed by atoms with Gasteiger partial charge in [-0.3, -0.25) is 9.36 Å². The van der Waals surface area contributed by atoms with Crippen LogP contribution in [0, 0.1) is 13.0 Å². The molecule has 0 radical (unpaired) electrons. The van der Waals surface area contributed by atoms with Gasteiger partial charge in [-0.2, -0.15) is 14.4 Å². The fourth-order valence-corrected chi connectivity index (χ4v) is 5.10. The van der Waals surface area contributed by atoms with Crippen molar-refractivity contribution in [3.05, 3.63) is 47.3 Å². The summed E-state index contributed by atoms with van der Waals surface area (Å²) in [6.45, 7) is 4.13. The van der Waals surface area contributed by atoms with E-state index in [2.05, 4.69) is 20.0 Å². The summed E-state index contributed by atoms with van der Waals surface area (Å²) in [7, 11) is -2.59. The Morgan fingerprint density at radius 3 is 2.88 bits per heavy atom. The Hall–Kier alpha value is -3.17. The maximum atomic E-state index is 13.7. The van der Waals surface area contributed by atoms with E-state index in [1.807, 2.05) is 25.1 Å². The van der Waals surface area contributed by atoms with Gasteiger partial charge in [0.2, 0.25) is 0 Å². The van der Waals surface area contributed by atoms with E-state index in [9.17, 15) is 29.1 Å². The van der Waals surface area contributed by atoms with Crippen LogP contribution < -0.4 is 10.8 Å². The van der Waals surface area contributed by atoms with E-state index in [0.29, 0.717) is 6.42 Å². The summed E-state index contributed by atoms with van der Waals surface area (Å²) in [6, 6.07) is 4.64. The van der Waals surface area contributed by atoms with Gasteiger partial charge in [-0.1, -0.05) is 23.3 Å². The van der Waals surface area contributed by atoms with Gasteiger partial charge >= 0.3 is 20.2 Å². The number of aromatic nitrogens is 4. The van der Waals surface area contributed by atoms with Gasteiger partial charge in [-0.25, -0.2) is 4.98 Å². The van der Waals surface area contributed by atoms with Crippen LogP contribution in [0.15, 0.2) is 24.5 Å². The number of aliphatic hydroxyl groups is 3. The number of aryl methyl sites for hydroxylation is 1. The average molecular weight is 582 g/mol. The van der Waals surface area contributed by atoms with Crippen molar-refractivity contribution in [2.75, 3.05) is 18.9 Å². The minimum atomic E-state index is -2.59. The normalized spacial score (nSPS) is 22.8. The van der Waals surface area contributed by atoms with Crippen molar-refractivity contribution in [1.29, 1.82) is 0 Å². The minimum Gasteiger partial charge on any atom is -0.461 e. The number of carbonyl (C=O) groups is 1. The Balaban J connectivity index is 1.28. The maximum absolute atomic E-state index is 13.7. The molecule has 0 amide bonds. The molecule has 3 heterocycles. The summed E-state index contributed by atoms with van der Waals surface area (Å²) in [4.78, 5) is 23.4. The predicted molar refractivity (Wildman–Crippen MR) is 138 cm³/mol. The second-order valence-electron chi connectivity index (χ2n) is 9.61. The molecular formula is C24H31FN6O8P+. The zero-order valence-electron chi connectivity index (χ0n) is 22.0. The van der Waals surface area contributed by atoms with Gasteiger partial charge < -0.3 is 30.5 Å². The molecule has 1 aromatic carbocycles. The highest BCUT2D eigenvalue weighted by molar-refractivity contribution is 7.36. The van der Waals surface area contributed by atoms with E-state index in [0.717, 1.165) is 27.6 Å². The molecule has 0 saturated carbocycles. The summed E-state index contributed by atoms with van der Waals surface area (Å²) >= 11 is 0. The van der Waals surface area contributed by atoms with Crippen molar-refractivity contribution < 1.29 is 43.1 Å². The number of nitrogens with two attached hydrogens (primary N) is 1. The van der Waals surface area contributed by atoms with Crippen molar-refractivity contribution in [3.8, 4) is 0 Å². The first-order chi connectivity index (χ1) is 18.9. The smallest absolute Gasteiger partial charge is 0.461 e. The first kappa shape index (κ1) is 29.8. The highest BCUT2D eigenvalue weighted by Gasteiger charge is 2.51. The molecule has 0 spiro atoms. The molecule has 1 aliphatic heterocycles. The van der Waals surface area contributed by atoms with E-state index in [1.165, 1.54) is 6.92 Å². The van der Waals surface area contributed by atoms with Gasteiger partial charge in [0.1, 0.15) is 31.0 Å². The lowest BCUT2D eigenvalue weighted by atomic mass is 10.0. The number of hydrogen-bond donors (Lipinski definition) is 5. The number of aliphatic hydroxyl groups excluding tert-OH is 2. The van der Waals surface area contributed by atoms with Crippen LogP contribution in [0.4, 0.5) is 10.2 Å². The van der Waals surface area contributed by atoms with Crippen molar-refractivity contribution in [2.45, 2.75) is 63.9 Å². The molecule has 6 N–H and O–H groups in total. The average Bonchev–Trinajstić information content (AvgIpc) is 3.45. The fraction of sp³-hybridized carbons (Fsp3) is 0.500. The Kier molecular flexibility index (Phi) is 9.05. The number of benzene rings is 1. The molecule has 16 heteroatoms. The van der Waals surface area contributed by atoms with Crippen molar-refractivity contribution >= 4 is 31.1 Å². The minimum absolute atomic E-state index is 0.0259. The number of ether oxygens (including phenoxy) is 2. The number of nitrogens with one attached hydrogen (secondary N) is 1. The van der Waals surface area contributed by atoms with Gasteiger partial charge in [-0.15, -0.1) is 4.52 Å². The van der Waals surface area contributed by atoms with E-state index in [1.54, 1.807) is 6.92 Å². The molecule has 2 aromatic heterocycles. The van der Waals surface area contributed by atoms with Gasteiger partial charge in [-0.05, 0) is 42.0 Å². The molecule has 14 nitrogen and oxygen atoms in total. The lowest BCUT2D eigenvalue weighted by molar-refractivity contribution is -0.149. The molecule has 1 aliphatic rings. The molecule has 6 unspecified atom stereocenters. The number of esters is 1. The van der Waals surface area contributed by atoms with Crippen molar-refractivity contribution in [3.63, 3.8) is 0 Å². The zero-order valence-corrected chi connectivity index (χ0v) is 22.9. The van der Waals surface area contributed by atoms with Crippen LogP contribution in [0.5, 0.6) is 0 Å². The van der Waals surface area contributed by atoms with Crippen LogP contribution >= 0.6 is 8.18 Å². The van der Waals surface area contributed by atoms with Gasteiger partial charge in [0.25, 0.3) is 0 Å². The van der Waals surface area contributed by atoms with Gasteiger partial charge in [0.15, 0.2) is 22.7 Å². The van der Waals surface area contributed by atoms with Gasteiger partial charge in [0, 0.05) is 6.42 Å². The number of nitrogens with zero attached hydrogens (tertiary/aromatic N) is 4. The molecular weight excluding hydrogens is 550 g/mol. The second kappa shape index (κ2) is 12.1. The van der Waals surface area contributed by atoms with E-state index in [4.69, 9.17) is 19.7 Å². The largest absolute Gasteiger partial charge is 0.613 e. The number of fused-ring (bicyclic) bond motifs is 1. The van der Waals surface area contributed by atoms with E-state index >= 15 is 0 Å². The Bertz CT molecular complexity index is 1410. The van der Waals surface area contributed by atoms with Crippen molar-refractivity contribution in [1.82, 2.24) is 24.6 Å². The number of nitrogen functional groups attached to an aromatic ring is 1. The summed E-state index contributed by atoms with van der Waals surface area (Å²) in [5, 5.41) is 33.8. The number of imidazole rings is 1. The molecule has 3 aromatic rings. The molecule has 0 bridgehead atoms. The van der Waals surface area contributed by atoms with Crippen LogP contribution in [0.3, 0.4) is 0 Å². The first-order valence-electron chi connectivity index (χ1n) is 12.4. The lowest BCUT2D eigenvalue weighted by Crippen LogP contribution is -2.47. The number of carbonyl (C=O) groups excluding carboxylic acids is 1. The van der Waals surface area contributed by atoms with Crippen LogP contribution in [0.2, 0.25) is 0 Å². The monoisotopic (exact) mass is 581 g/mol. The molecule has 4 rings (SSSR count). The third-order valence-electron chi connectivity index (χ3n) is 6.58. The van der Waals surface area contributed by atoms with Crippen LogP contribution in [0.25, 0.3) is 11.2 Å². The first-order valence-corrected chi connectivity index (χ1v) is 13.5. The number of rotatable bonds is 11. The summed E-state index contributed by atoms with van der Waals surface area (Å²) in [5.41, 5.74) is 6.07.